The number of methoxy groups -OCH3 is 1. The molecule has 1 aromatic heterocycles. The molecule has 7 heteroatoms. The Balaban J connectivity index is 1.60. The van der Waals surface area contributed by atoms with Crippen LogP contribution < -0.4 is 0 Å². The van der Waals surface area contributed by atoms with Crippen LogP contribution in [0.3, 0.4) is 0 Å². The number of nitrogens with zero attached hydrogens (tertiary/aromatic N) is 1. The molecule has 31 heavy (non-hydrogen) atoms. The van der Waals surface area contributed by atoms with Crippen LogP contribution in [0.5, 0.6) is 0 Å². The highest BCUT2D eigenvalue weighted by molar-refractivity contribution is 5.72. The Bertz CT molecular complexity index is 857. The standard InChI is InChI=1S/C24H33NO6/c1-5-20-19(25-23(31-20)22-15(2)8-6-9-16(22)3)13-29-17-10-7-11-18(12-17)30-14-21(28-4)24(26)27/h6,8-9,17-18,21H,5,7,10-14H2,1-4H3,(H,26,27). The molecule has 1 aliphatic rings. The molecule has 0 bridgehead atoms. The number of aliphatic carboxylic acids is 1. The second-order valence-electron chi connectivity index (χ2n) is 8.13. The molecule has 1 N–H and O–H groups in total. The Morgan fingerprint density at radius 3 is 2.52 bits per heavy atom. The van der Waals surface area contributed by atoms with Crippen molar-refractivity contribution in [3.05, 3.63) is 40.8 Å². The SMILES string of the molecule is CCc1oc(-c2c(C)cccc2C)nc1COC1CCCC(OCC(OC)C(=O)O)C1. The highest BCUT2D eigenvalue weighted by Crippen LogP contribution is 2.30. The maximum atomic E-state index is 11.1. The van der Waals surface area contributed by atoms with Crippen molar-refractivity contribution >= 4 is 5.97 Å². The van der Waals surface area contributed by atoms with Crippen LogP contribution in [-0.4, -0.2) is 48.1 Å². The molecule has 2 aromatic rings. The van der Waals surface area contributed by atoms with Crippen LogP contribution in [0.25, 0.3) is 11.5 Å². The minimum absolute atomic E-state index is 0.0242. The summed E-state index contributed by atoms with van der Waals surface area (Å²) in [6, 6.07) is 6.17. The van der Waals surface area contributed by atoms with Gasteiger partial charge in [-0.1, -0.05) is 25.1 Å². The van der Waals surface area contributed by atoms with Crippen molar-refractivity contribution in [1.82, 2.24) is 4.98 Å². The van der Waals surface area contributed by atoms with Crippen LogP contribution in [0.4, 0.5) is 0 Å². The molecule has 1 aromatic carbocycles. The van der Waals surface area contributed by atoms with Crippen LogP contribution in [0.2, 0.25) is 0 Å². The lowest BCUT2D eigenvalue weighted by atomic mass is 9.95. The van der Waals surface area contributed by atoms with E-state index < -0.39 is 12.1 Å². The van der Waals surface area contributed by atoms with Gasteiger partial charge < -0.3 is 23.7 Å². The second kappa shape index (κ2) is 10.9. The largest absolute Gasteiger partial charge is 0.479 e. The topological polar surface area (TPSA) is 91.0 Å². The predicted molar refractivity (Wildman–Crippen MR) is 116 cm³/mol. The Hall–Kier alpha value is -2.22. The highest BCUT2D eigenvalue weighted by Gasteiger charge is 2.26. The van der Waals surface area contributed by atoms with Gasteiger partial charge in [0.05, 0.1) is 25.4 Å². The highest BCUT2D eigenvalue weighted by atomic mass is 16.5. The maximum Gasteiger partial charge on any atom is 0.335 e. The number of oxazole rings is 1. The fourth-order valence-electron chi connectivity index (χ4n) is 4.10. The first kappa shape index (κ1) is 23.4. The maximum absolute atomic E-state index is 11.1. The Labute approximate surface area is 183 Å². The molecule has 7 nitrogen and oxygen atoms in total. The van der Waals surface area contributed by atoms with Gasteiger partial charge in [0, 0.05) is 19.1 Å². The van der Waals surface area contributed by atoms with E-state index in [2.05, 4.69) is 32.9 Å². The third-order valence-corrected chi connectivity index (χ3v) is 5.87. The number of benzene rings is 1. The summed E-state index contributed by atoms with van der Waals surface area (Å²) in [5, 5.41) is 9.09. The van der Waals surface area contributed by atoms with E-state index in [4.69, 9.17) is 28.7 Å². The van der Waals surface area contributed by atoms with Crippen molar-refractivity contribution in [2.45, 2.75) is 77.8 Å². The van der Waals surface area contributed by atoms with Crippen LogP contribution in [0.1, 0.15) is 55.2 Å². The molecule has 0 spiro atoms. The molecule has 1 saturated carbocycles. The lowest BCUT2D eigenvalue weighted by Gasteiger charge is -2.29. The predicted octanol–water partition coefficient (Wildman–Crippen LogP) is 4.46. The van der Waals surface area contributed by atoms with Crippen LogP contribution in [-0.2, 0) is 32.0 Å². The van der Waals surface area contributed by atoms with Gasteiger partial charge in [-0.2, -0.15) is 0 Å². The Morgan fingerprint density at radius 2 is 1.90 bits per heavy atom. The van der Waals surface area contributed by atoms with E-state index in [1.54, 1.807) is 0 Å². The number of aromatic nitrogens is 1. The minimum atomic E-state index is -1.01. The summed E-state index contributed by atoms with van der Waals surface area (Å²) in [6.45, 7) is 6.62. The first-order valence-corrected chi connectivity index (χ1v) is 11.0. The molecule has 0 saturated heterocycles. The average molecular weight is 432 g/mol. The molecule has 3 atom stereocenters. The second-order valence-corrected chi connectivity index (χ2v) is 8.13. The summed E-state index contributed by atoms with van der Waals surface area (Å²) >= 11 is 0. The summed E-state index contributed by atoms with van der Waals surface area (Å²) in [4.78, 5) is 15.8. The van der Waals surface area contributed by atoms with E-state index in [9.17, 15) is 4.79 Å². The normalized spacial score (nSPS) is 20.0. The quantitative estimate of drug-likeness (QED) is 0.594. The number of carboxylic acid groups (broad SMARTS) is 1. The van der Waals surface area contributed by atoms with E-state index in [-0.39, 0.29) is 18.8 Å². The lowest BCUT2D eigenvalue weighted by Crippen LogP contribution is -2.34. The van der Waals surface area contributed by atoms with Gasteiger partial charge in [-0.3, -0.25) is 0 Å². The number of ether oxygens (including phenoxy) is 3. The fraction of sp³-hybridized carbons (Fsp3) is 0.583. The van der Waals surface area contributed by atoms with Gasteiger partial charge in [-0.05, 0) is 50.7 Å². The first-order valence-electron chi connectivity index (χ1n) is 11.0. The third-order valence-electron chi connectivity index (χ3n) is 5.87. The summed E-state index contributed by atoms with van der Waals surface area (Å²) in [7, 11) is 1.38. The number of hydrogen-bond donors (Lipinski definition) is 1. The van der Waals surface area contributed by atoms with Crippen molar-refractivity contribution in [3.63, 3.8) is 0 Å². The zero-order valence-electron chi connectivity index (χ0n) is 18.8. The van der Waals surface area contributed by atoms with Crippen LogP contribution in [0.15, 0.2) is 22.6 Å². The van der Waals surface area contributed by atoms with Gasteiger partial charge >= 0.3 is 5.97 Å². The van der Waals surface area contributed by atoms with E-state index in [1.165, 1.54) is 7.11 Å². The molecule has 0 aliphatic heterocycles. The van der Waals surface area contributed by atoms with Crippen molar-refractivity contribution in [1.29, 1.82) is 0 Å². The van der Waals surface area contributed by atoms with Gasteiger partial charge in [0.15, 0.2) is 6.10 Å². The zero-order valence-corrected chi connectivity index (χ0v) is 18.8. The molecule has 3 rings (SSSR count). The lowest BCUT2D eigenvalue weighted by molar-refractivity contribution is -0.155. The number of carbonyl (C=O) groups is 1. The molecule has 1 heterocycles. The monoisotopic (exact) mass is 431 g/mol. The smallest absolute Gasteiger partial charge is 0.335 e. The van der Waals surface area contributed by atoms with Crippen molar-refractivity contribution in [3.8, 4) is 11.5 Å². The van der Waals surface area contributed by atoms with Crippen molar-refractivity contribution in [2.75, 3.05) is 13.7 Å². The van der Waals surface area contributed by atoms with E-state index in [0.29, 0.717) is 12.5 Å². The summed E-state index contributed by atoms with van der Waals surface area (Å²) < 4.78 is 23.0. The Kier molecular flexibility index (Phi) is 8.23. The first-order chi connectivity index (χ1) is 14.9. The van der Waals surface area contributed by atoms with Crippen LogP contribution >= 0.6 is 0 Å². The van der Waals surface area contributed by atoms with E-state index >= 15 is 0 Å². The van der Waals surface area contributed by atoms with Gasteiger partial charge in [0.2, 0.25) is 5.89 Å². The molecule has 1 aliphatic carbocycles. The van der Waals surface area contributed by atoms with Gasteiger partial charge in [-0.15, -0.1) is 0 Å². The molecule has 3 unspecified atom stereocenters. The van der Waals surface area contributed by atoms with Gasteiger partial charge in [0.25, 0.3) is 0 Å². The van der Waals surface area contributed by atoms with Crippen molar-refractivity contribution in [2.24, 2.45) is 0 Å². The van der Waals surface area contributed by atoms with Gasteiger partial charge in [0.1, 0.15) is 11.5 Å². The third kappa shape index (κ3) is 5.93. The van der Waals surface area contributed by atoms with E-state index in [0.717, 1.165) is 60.2 Å². The average Bonchev–Trinajstić information content (AvgIpc) is 3.15. The molecular weight excluding hydrogens is 398 g/mol. The number of aryl methyl sites for hydroxylation is 3. The van der Waals surface area contributed by atoms with Crippen LogP contribution in [0, 0.1) is 13.8 Å². The number of hydrogen-bond acceptors (Lipinski definition) is 6. The molecule has 0 radical (unpaired) electrons. The van der Waals surface area contributed by atoms with Crippen molar-refractivity contribution < 1.29 is 28.5 Å². The van der Waals surface area contributed by atoms with Gasteiger partial charge in [-0.25, -0.2) is 9.78 Å². The molecular formula is C24H33NO6. The zero-order chi connectivity index (χ0) is 22.4. The fourth-order valence-corrected chi connectivity index (χ4v) is 4.10. The Morgan fingerprint density at radius 1 is 1.23 bits per heavy atom. The van der Waals surface area contributed by atoms with E-state index in [1.807, 2.05) is 6.07 Å². The molecule has 170 valence electrons. The summed E-state index contributed by atoms with van der Waals surface area (Å²) in [5.41, 5.74) is 4.16. The summed E-state index contributed by atoms with van der Waals surface area (Å²) in [6.07, 6.45) is 3.41. The molecule has 0 amide bonds. The number of rotatable bonds is 10. The number of carboxylic acids is 1. The summed E-state index contributed by atoms with van der Waals surface area (Å²) in [5.74, 6) is 0.491. The minimum Gasteiger partial charge on any atom is -0.479 e. The molecule has 1 fully saturated rings.